The zero-order valence-electron chi connectivity index (χ0n) is 26.1. The topological polar surface area (TPSA) is 74.2 Å². The fraction of sp³-hybridized carbons (Fsp3) is 0.912. The van der Waals surface area contributed by atoms with Crippen LogP contribution < -0.4 is 0 Å². The van der Waals surface area contributed by atoms with Gasteiger partial charge in [-0.1, -0.05) is 65.5 Å². The highest BCUT2D eigenvalue weighted by molar-refractivity contribution is 5.60. The van der Waals surface area contributed by atoms with Gasteiger partial charge < -0.3 is 24.1 Å². The van der Waals surface area contributed by atoms with Crippen LogP contribution >= 0.6 is 0 Å². The summed E-state index contributed by atoms with van der Waals surface area (Å²) in [4.78, 5) is 12.3. The second kappa shape index (κ2) is 14.4. The van der Waals surface area contributed by atoms with Crippen LogP contribution in [0.25, 0.3) is 0 Å². The maximum absolute atomic E-state index is 12.3. The van der Waals surface area contributed by atoms with E-state index in [0.717, 1.165) is 54.8 Å². The minimum Gasteiger partial charge on any atom is -0.432 e. The first-order chi connectivity index (χ1) is 19.2. The van der Waals surface area contributed by atoms with Crippen molar-refractivity contribution in [2.75, 3.05) is 39.6 Å². The van der Waals surface area contributed by atoms with Crippen LogP contribution in [0.5, 0.6) is 0 Å². The van der Waals surface area contributed by atoms with E-state index in [1.807, 2.05) is 0 Å². The molecule has 6 nitrogen and oxygen atoms in total. The number of hydrogen-bond donors (Lipinski definition) is 1. The average Bonchev–Trinajstić information content (AvgIpc) is 3.27. The van der Waals surface area contributed by atoms with Crippen molar-refractivity contribution in [2.45, 2.75) is 111 Å². The molecule has 0 spiro atoms. The van der Waals surface area contributed by atoms with Crippen LogP contribution in [-0.2, 0) is 18.9 Å². The maximum Gasteiger partial charge on any atom is 0.508 e. The van der Waals surface area contributed by atoms with Crippen LogP contribution in [0.15, 0.2) is 11.6 Å². The molecule has 3 saturated carbocycles. The Kier molecular flexibility index (Phi) is 11.4. The van der Waals surface area contributed by atoms with Gasteiger partial charge in [-0.2, -0.15) is 0 Å². The van der Waals surface area contributed by atoms with Crippen molar-refractivity contribution in [2.24, 2.45) is 46.3 Å². The molecule has 0 aromatic carbocycles. The van der Waals surface area contributed by atoms with Crippen molar-refractivity contribution in [1.29, 1.82) is 0 Å². The van der Waals surface area contributed by atoms with Gasteiger partial charge in [0.2, 0.25) is 0 Å². The van der Waals surface area contributed by atoms with Gasteiger partial charge in [0.05, 0.1) is 33.0 Å². The molecule has 4 rings (SSSR count). The van der Waals surface area contributed by atoms with Crippen molar-refractivity contribution in [3.63, 3.8) is 0 Å². The molecule has 0 aliphatic heterocycles. The lowest BCUT2D eigenvalue weighted by Crippen LogP contribution is -2.51. The molecule has 4 aliphatic rings. The molecule has 3 fully saturated rings. The van der Waals surface area contributed by atoms with Gasteiger partial charge in [-0.25, -0.2) is 4.79 Å². The molecule has 1 N–H and O–H groups in total. The Bertz CT molecular complexity index is 840. The van der Waals surface area contributed by atoms with E-state index in [2.05, 4.69) is 40.7 Å². The first-order valence-corrected chi connectivity index (χ1v) is 16.5. The Balaban J connectivity index is 1.26. The van der Waals surface area contributed by atoms with Gasteiger partial charge in [0, 0.05) is 6.42 Å². The first kappa shape index (κ1) is 31.8. The summed E-state index contributed by atoms with van der Waals surface area (Å²) in [6.45, 7) is 14.1. The summed E-state index contributed by atoms with van der Waals surface area (Å²) in [5.74, 6) is 5.01. The van der Waals surface area contributed by atoms with Crippen molar-refractivity contribution in [1.82, 2.24) is 0 Å². The van der Waals surface area contributed by atoms with Gasteiger partial charge >= 0.3 is 6.16 Å². The van der Waals surface area contributed by atoms with Crippen molar-refractivity contribution in [3.8, 4) is 0 Å². The second-order valence-corrected chi connectivity index (χ2v) is 14.3. The predicted octanol–water partition coefficient (Wildman–Crippen LogP) is 7.58. The molecular weight excluding hydrogens is 504 g/mol. The van der Waals surface area contributed by atoms with Gasteiger partial charge in [-0.15, -0.1) is 0 Å². The van der Waals surface area contributed by atoms with Crippen LogP contribution in [0, 0.1) is 46.3 Å². The molecule has 0 saturated heterocycles. The summed E-state index contributed by atoms with van der Waals surface area (Å²) in [6.07, 6.45) is 15.7. The SMILES string of the molecule is CC(C)CCC[C@@H](C)[C@H]1CC[C@H]2[C@@H]3CC=C4C[C@@H](OC(=O)OCCOCCOCCO)CC[C@]4(C)[C@H]3CC[C@]12C. The van der Waals surface area contributed by atoms with E-state index in [-0.39, 0.29) is 24.7 Å². The normalized spacial score (nSPS) is 35.9. The fourth-order valence-corrected chi connectivity index (χ4v) is 9.49. The van der Waals surface area contributed by atoms with Gasteiger partial charge in [-0.3, -0.25) is 0 Å². The third kappa shape index (κ3) is 7.26. The van der Waals surface area contributed by atoms with Crippen molar-refractivity contribution in [3.05, 3.63) is 11.6 Å². The third-order valence-corrected chi connectivity index (χ3v) is 11.6. The highest BCUT2D eigenvalue weighted by Gasteiger charge is 2.59. The molecule has 8 atom stereocenters. The van der Waals surface area contributed by atoms with Crippen LogP contribution in [0.1, 0.15) is 105 Å². The predicted molar refractivity (Wildman–Crippen MR) is 158 cm³/mol. The number of carbonyl (C=O) groups is 1. The Hall–Kier alpha value is -1.11. The summed E-state index contributed by atoms with van der Waals surface area (Å²) in [6, 6.07) is 0. The minimum atomic E-state index is -0.587. The standard InChI is InChI=1S/C34H58O6/c1-24(2)7-6-8-25(3)29-11-12-30-28-10-9-26-23-27(13-15-33(26,4)31(28)14-16-34(29,30)5)40-32(36)39-22-21-38-20-19-37-18-17-35/h9,24-25,27-31,35H,6-8,10-23H2,1-5H3/t25-,27+,28+,29-,30+,31+,33+,34-/m1/s1. The highest BCUT2D eigenvalue weighted by Crippen LogP contribution is 2.67. The van der Waals surface area contributed by atoms with Crippen molar-refractivity contribution < 1.29 is 28.8 Å². The lowest BCUT2D eigenvalue weighted by Gasteiger charge is -2.58. The van der Waals surface area contributed by atoms with E-state index in [0.29, 0.717) is 31.8 Å². The number of aliphatic hydroxyl groups excluding tert-OH is 1. The molecule has 0 amide bonds. The van der Waals surface area contributed by atoms with Gasteiger partial charge in [-0.05, 0) is 91.3 Å². The van der Waals surface area contributed by atoms with E-state index >= 15 is 0 Å². The molecule has 0 aromatic rings. The summed E-state index contributed by atoms with van der Waals surface area (Å²) in [5, 5.41) is 8.69. The molecule has 230 valence electrons. The average molecular weight is 563 g/mol. The number of fused-ring (bicyclic) bond motifs is 5. The Labute approximate surface area is 243 Å². The number of hydrogen-bond acceptors (Lipinski definition) is 6. The smallest absolute Gasteiger partial charge is 0.432 e. The van der Waals surface area contributed by atoms with E-state index < -0.39 is 6.16 Å². The van der Waals surface area contributed by atoms with Crippen LogP contribution in [0.2, 0.25) is 0 Å². The number of aliphatic hydroxyl groups is 1. The largest absolute Gasteiger partial charge is 0.508 e. The van der Waals surface area contributed by atoms with E-state index in [1.165, 1.54) is 56.9 Å². The lowest BCUT2D eigenvalue weighted by molar-refractivity contribution is -0.0627. The van der Waals surface area contributed by atoms with E-state index in [1.54, 1.807) is 0 Å². The number of allylic oxidation sites excluding steroid dienone is 1. The number of carbonyl (C=O) groups excluding carboxylic acids is 1. The summed E-state index contributed by atoms with van der Waals surface area (Å²) < 4.78 is 21.5. The molecule has 0 radical (unpaired) electrons. The Morgan fingerprint density at radius 2 is 1.70 bits per heavy atom. The Morgan fingerprint density at radius 3 is 2.45 bits per heavy atom. The van der Waals surface area contributed by atoms with Crippen LogP contribution in [-0.4, -0.2) is 57.0 Å². The lowest BCUT2D eigenvalue weighted by atomic mass is 9.47. The monoisotopic (exact) mass is 562 g/mol. The zero-order valence-corrected chi connectivity index (χ0v) is 26.1. The molecule has 0 heterocycles. The minimum absolute atomic E-state index is 0.00586. The third-order valence-electron chi connectivity index (χ3n) is 11.6. The van der Waals surface area contributed by atoms with Crippen LogP contribution in [0.3, 0.4) is 0 Å². The molecule has 0 unspecified atom stereocenters. The first-order valence-electron chi connectivity index (χ1n) is 16.5. The highest BCUT2D eigenvalue weighted by atomic mass is 16.7. The molecule has 6 heteroatoms. The zero-order chi connectivity index (χ0) is 28.8. The van der Waals surface area contributed by atoms with Crippen LogP contribution in [0.4, 0.5) is 4.79 Å². The summed E-state index contributed by atoms with van der Waals surface area (Å²) in [7, 11) is 0. The molecular formula is C34H58O6. The van der Waals surface area contributed by atoms with E-state index in [4.69, 9.17) is 24.1 Å². The number of rotatable bonds is 14. The molecule has 0 aromatic heterocycles. The van der Waals surface area contributed by atoms with E-state index in [9.17, 15) is 4.79 Å². The molecule has 4 aliphatic carbocycles. The quantitative estimate of drug-likeness (QED) is 0.134. The second-order valence-electron chi connectivity index (χ2n) is 14.3. The number of ether oxygens (including phenoxy) is 4. The molecule has 40 heavy (non-hydrogen) atoms. The van der Waals surface area contributed by atoms with Crippen molar-refractivity contribution >= 4 is 6.16 Å². The summed E-state index contributed by atoms with van der Waals surface area (Å²) >= 11 is 0. The fourth-order valence-electron chi connectivity index (χ4n) is 9.49. The maximum atomic E-state index is 12.3. The Morgan fingerprint density at radius 1 is 0.950 bits per heavy atom. The summed E-state index contributed by atoms with van der Waals surface area (Å²) in [5.41, 5.74) is 2.30. The van der Waals surface area contributed by atoms with Gasteiger partial charge in [0.25, 0.3) is 0 Å². The van der Waals surface area contributed by atoms with Gasteiger partial charge in [0.15, 0.2) is 0 Å². The van der Waals surface area contributed by atoms with Gasteiger partial charge in [0.1, 0.15) is 12.7 Å². The molecule has 0 bridgehead atoms.